The molecule has 82 valence electrons. The first-order valence-corrected chi connectivity index (χ1v) is 4.62. The molecule has 3 N–H and O–H groups in total. The number of nitrogens with zero attached hydrogens (tertiary/aromatic N) is 3. The highest BCUT2D eigenvalue weighted by Crippen LogP contribution is 2.23. The van der Waals surface area contributed by atoms with Crippen molar-refractivity contribution in [3.8, 4) is 0 Å². The van der Waals surface area contributed by atoms with E-state index in [1.165, 1.54) is 0 Å². The monoisotopic (exact) mass is 215 g/mol. The number of rotatable bonds is 1. The standard InChI is InChI=1S/C8H11F2N5/c9-6(10)5-1-3-15(4-2-5)8-12-7(11)13-14-8/h1-4H2,(H3,11,12,13,14). The van der Waals surface area contributed by atoms with Crippen molar-refractivity contribution in [1.29, 1.82) is 0 Å². The summed E-state index contributed by atoms with van der Waals surface area (Å²) in [4.78, 5) is 5.77. The van der Waals surface area contributed by atoms with Crippen LogP contribution in [0.25, 0.3) is 0 Å². The summed E-state index contributed by atoms with van der Waals surface area (Å²) in [7, 11) is 0. The third-order valence-corrected chi connectivity index (χ3v) is 2.41. The van der Waals surface area contributed by atoms with Crippen molar-refractivity contribution in [3.63, 3.8) is 0 Å². The van der Waals surface area contributed by atoms with E-state index in [-0.39, 0.29) is 11.5 Å². The van der Waals surface area contributed by atoms with Gasteiger partial charge in [0.25, 0.3) is 6.08 Å². The molecule has 0 radical (unpaired) electrons. The minimum Gasteiger partial charge on any atom is -0.368 e. The van der Waals surface area contributed by atoms with E-state index in [0.29, 0.717) is 31.9 Å². The van der Waals surface area contributed by atoms with Crippen LogP contribution >= 0.6 is 0 Å². The SMILES string of the molecule is Nc1nc(N2CCC(=C(F)F)CC2)n[nH]1. The molecule has 1 saturated heterocycles. The van der Waals surface area contributed by atoms with Gasteiger partial charge in [-0.1, -0.05) is 0 Å². The van der Waals surface area contributed by atoms with Gasteiger partial charge in [0.2, 0.25) is 11.9 Å². The molecule has 2 heterocycles. The fourth-order valence-electron chi connectivity index (χ4n) is 1.57. The highest BCUT2D eigenvalue weighted by atomic mass is 19.3. The molecule has 0 bridgehead atoms. The van der Waals surface area contributed by atoms with Crippen molar-refractivity contribution in [2.45, 2.75) is 12.8 Å². The Labute approximate surface area is 85.0 Å². The second-order valence-corrected chi connectivity index (χ2v) is 3.37. The van der Waals surface area contributed by atoms with E-state index in [1.807, 2.05) is 4.90 Å². The zero-order valence-electron chi connectivity index (χ0n) is 8.00. The molecular formula is C8H11F2N5. The second kappa shape index (κ2) is 3.84. The number of nitrogens with two attached hydrogens (primary N) is 1. The maximum absolute atomic E-state index is 12.3. The van der Waals surface area contributed by atoms with Crippen LogP contribution in [0.4, 0.5) is 20.7 Å². The number of hydrogen-bond acceptors (Lipinski definition) is 4. The molecule has 0 saturated carbocycles. The molecule has 1 fully saturated rings. The van der Waals surface area contributed by atoms with Crippen molar-refractivity contribution in [3.05, 3.63) is 11.7 Å². The number of H-pyrrole nitrogens is 1. The topological polar surface area (TPSA) is 70.8 Å². The lowest BCUT2D eigenvalue weighted by Gasteiger charge is -2.26. The molecule has 1 aliphatic rings. The Morgan fingerprint density at radius 1 is 1.33 bits per heavy atom. The van der Waals surface area contributed by atoms with Crippen LogP contribution in [0.5, 0.6) is 0 Å². The highest BCUT2D eigenvalue weighted by molar-refractivity contribution is 5.35. The van der Waals surface area contributed by atoms with Crippen LogP contribution < -0.4 is 10.6 Å². The molecule has 0 unspecified atom stereocenters. The summed E-state index contributed by atoms with van der Waals surface area (Å²) >= 11 is 0. The first-order valence-electron chi connectivity index (χ1n) is 4.62. The third-order valence-electron chi connectivity index (χ3n) is 2.41. The van der Waals surface area contributed by atoms with Gasteiger partial charge in [0.1, 0.15) is 0 Å². The Hall–Kier alpha value is -1.66. The van der Waals surface area contributed by atoms with Crippen LogP contribution in [-0.4, -0.2) is 28.3 Å². The smallest absolute Gasteiger partial charge is 0.269 e. The summed E-state index contributed by atoms with van der Waals surface area (Å²) in [6.45, 7) is 1.01. The van der Waals surface area contributed by atoms with Crippen LogP contribution in [0.1, 0.15) is 12.8 Å². The molecule has 0 aromatic carbocycles. The van der Waals surface area contributed by atoms with Crippen LogP contribution in [0, 0.1) is 0 Å². The van der Waals surface area contributed by atoms with Crippen molar-refractivity contribution in [2.75, 3.05) is 23.7 Å². The molecule has 0 amide bonds. The van der Waals surface area contributed by atoms with Crippen LogP contribution in [0.3, 0.4) is 0 Å². The van der Waals surface area contributed by atoms with Crippen molar-refractivity contribution in [2.24, 2.45) is 0 Å². The fourth-order valence-corrected chi connectivity index (χ4v) is 1.57. The van der Waals surface area contributed by atoms with Gasteiger partial charge >= 0.3 is 0 Å². The number of piperidine rings is 1. The Balaban J connectivity index is 2.03. The lowest BCUT2D eigenvalue weighted by molar-refractivity contribution is 0.399. The molecular weight excluding hydrogens is 204 g/mol. The zero-order valence-corrected chi connectivity index (χ0v) is 8.00. The van der Waals surface area contributed by atoms with Gasteiger partial charge in [-0.2, -0.15) is 13.8 Å². The van der Waals surface area contributed by atoms with Crippen LogP contribution in [0.15, 0.2) is 11.7 Å². The molecule has 1 aromatic rings. The molecule has 1 aliphatic heterocycles. The molecule has 2 rings (SSSR count). The Morgan fingerprint density at radius 3 is 2.47 bits per heavy atom. The number of nitrogens with one attached hydrogen (secondary N) is 1. The van der Waals surface area contributed by atoms with Gasteiger partial charge in [-0.3, -0.25) is 0 Å². The normalized spacial score (nSPS) is 16.9. The second-order valence-electron chi connectivity index (χ2n) is 3.37. The molecule has 5 nitrogen and oxygen atoms in total. The van der Waals surface area contributed by atoms with Gasteiger partial charge in [0.05, 0.1) is 0 Å². The molecule has 0 spiro atoms. The highest BCUT2D eigenvalue weighted by Gasteiger charge is 2.20. The van der Waals surface area contributed by atoms with Gasteiger partial charge in [-0.05, 0) is 18.4 Å². The van der Waals surface area contributed by atoms with Crippen LogP contribution in [0.2, 0.25) is 0 Å². The maximum atomic E-state index is 12.3. The van der Waals surface area contributed by atoms with Gasteiger partial charge in [-0.25, -0.2) is 5.10 Å². The number of nitrogen functional groups attached to an aromatic ring is 1. The number of hydrogen-bond donors (Lipinski definition) is 2. The van der Waals surface area contributed by atoms with Gasteiger partial charge in [-0.15, -0.1) is 5.10 Å². The molecule has 7 heteroatoms. The lowest BCUT2D eigenvalue weighted by Crippen LogP contribution is -2.31. The quantitative estimate of drug-likeness (QED) is 0.736. The van der Waals surface area contributed by atoms with Crippen LogP contribution in [-0.2, 0) is 0 Å². The Morgan fingerprint density at radius 2 is 2.00 bits per heavy atom. The molecule has 0 aliphatic carbocycles. The van der Waals surface area contributed by atoms with E-state index in [1.54, 1.807) is 0 Å². The number of aromatic amines is 1. The van der Waals surface area contributed by atoms with E-state index in [9.17, 15) is 8.78 Å². The predicted octanol–water partition coefficient (Wildman–Crippen LogP) is 1.14. The van der Waals surface area contributed by atoms with Gasteiger partial charge < -0.3 is 10.6 Å². The first-order chi connectivity index (χ1) is 7.16. The Kier molecular flexibility index (Phi) is 2.53. The minimum atomic E-state index is -1.55. The van der Waals surface area contributed by atoms with Crippen molar-refractivity contribution >= 4 is 11.9 Å². The average molecular weight is 215 g/mol. The average Bonchev–Trinajstić information content (AvgIpc) is 2.65. The summed E-state index contributed by atoms with van der Waals surface area (Å²) < 4.78 is 24.5. The first kappa shape index (κ1) is 9.88. The lowest BCUT2D eigenvalue weighted by atomic mass is 10.1. The number of halogens is 2. The van der Waals surface area contributed by atoms with Crippen molar-refractivity contribution in [1.82, 2.24) is 15.2 Å². The van der Waals surface area contributed by atoms with E-state index < -0.39 is 6.08 Å². The summed E-state index contributed by atoms with van der Waals surface area (Å²) in [6.07, 6.45) is -0.836. The largest absolute Gasteiger partial charge is 0.368 e. The van der Waals surface area contributed by atoms with E-state index in [0.717, 1.165) is 0 Å². The zero-order chi connectivity index (χ0) is 10.8. The van der Waals surface area contributed by atoms with Gasteiger partial charge in [0, 0.05) is 13.1 Å². The molecule has 0 atom stereocenters. The van der Waals surface area contributed by atoms with E-state index >= 15 is 0 Å². The minimum absolute atomic E-state index is 0.231. The molecule has 1 aromatic heterocycles. The molecule has 15 heavy (non-hydrogen) atoms. The fraction of sp³-hybridized carbons (Fsp3) is 0.500. The van der Waals surface area contributed by atoms with E-state index in [4.69, 9.17) is 5.73 Å². The summed E-state index contributed by atoms with van der Waals surface area (Å²) in [6, 6.07) is 0. The van der Waals surface area contributed by atoms with Gasteiger partial charge in [0.15, 0.2) is 0 Å². The number of aromatic nitrogens is 3. The third kappa shape index (κ3) is 2.05. The predicted molar refractivity (Wildman–Crippen MR) is 51.5 cm³/mol. The summed E-state index contributed by atoms with van der Waals surface area (Å²) in [5.41, 5.74) is 5.61. The Bertz CT molecular complexity index is 372. The van der Waals surface area contributed by atoms with Crippen molar-refractivity contribution < 1.29 is 8.78 Å². The summed E-state index contributed by atoms with van der Waals surface area (Å²) in [5, 5.41) is 6.39. The van der Waals surface area contributed by atoms with E-state index in [2.05, 4.69) is 15.2 Å². The number of anilines is 2. The maximum Gasteiger partial charge on any atom is 0.269 e. The summed E-state index contributed by atoms with van der Waals surface area (Å²) in [5.74, 6) is 0.717.